The molecule has 2 heterocycles. The highest BCUT2D eigenvalue weighted by molar-refractivity contribution is 7.17. The van der Waals surface area contributed by atoms with Gasteiger partial charge in [-0.2, -0.15) is 0 Å². The first-order valence-corrected chi connectivity index (χ1v) is 7.98. The molecule has 0 aliphatic carbocycles. The Kier molecular flexibility index (Phi) is 4.91. The maximum atomic E-state index is 12.0. The molecule has 0 radical (unpaired) electrons. The van der Waals surface area contributed by atoms with Gasteiger partial charge in [0.25, 0.3) is 5.91 Å². The summed E-state index contributed by atoms with van der Waals surface area (Å²) in [5, 5.41) is 1.75. The van der Waals surface area contributed by atoms with E-state index in [1.807, 2.05) is 20.8 Å². The Morgan fingerprint density at radius 1 is 1.43 bits per heavy atom. The molecule has 0 spiro atoms. The number of thiophene rings is 1. The molecule has 1 atom stereocenters. The maximum absolute atomic E-state index is 12.0. The van der Waals surface area contributed by atoms with Gasteiger partial charge in [-0.25, -0.2) is 5.01 Å². The Balaban J connectivity index is 1.85. The number of hydrogen-bond acceptors (Lipinski definition) is 5. The number of halogens is 1. The molecule has 1 aromatic rings. The highest BCUT2D eigenvalue weighted by Gasteiger charge is 2.32. The van der Waals surface area contributed by atoms with Crippen molar-refractivity contribution in [1.29, 1.82) is 0 Å². The van der Waals surface area contributed by atoms with Crippen molar-refractivity contribution >= 4 is 34.8 Å². The molecule has 0 aromatic carbocycles. The molecule has 1 fully saturated rings. The second-order valence-corrected chi connectivity index (χ2v) is 7.72. The second-order valence-electron chi connectivity index (χ2n) is 6.01. The van der Waals surface area contributed by atoms with E-state index in [4.69, 9.17) is 16.3 Å². The smallest absolute Gasteiger partial charge is 0.310 e. The lowest BCUT2D eigenvalue weighted by Crippen LogP contribution is -2.41. The fourth-order valence-electron chi connectivity index (χ4n) is 2.07. The number of amides is 1. The van der Waals surface area contributed by atoms with Gasteiger partial charge in [-0.15, -0.1) is 11.3 Å². The van der Waals surface area contributed by atoms with Crippen LogP contribution in [0, 0.1) is 5.92 Å². The third-order valence-electron chi connectivity index (χ3n) is 2.99. The van der Waals surface area contributed by atoms with Crippen molar-refractivity contribution in [2.45, 2.75) is 32.8 Å². The molecular formula is C14H19ClN2O3S. The van der Waals surface area contributed by atoms with E-state index in [0.717, 1.165) is 0 Å². The molecule has 0 bridgehead atoms. The molecule has 21 heavy (non-hydrogen) atoms. The predicted octanol–water partition coefficient (Wildman–Crippen LogP) is 2.71. The van der Waals surface area contributed by atoms with Crippen LogP contribution in [0.5, 0.6) is 0 Å². The molecule has 1 N–H and O–H groups in total. The Morgan fingerprint density at radius 3 is 2.71 bits per heavy atom. The number of hydrazine groups is 1. The fraction of sp³-hybridized carbons (Fsp3) is 0.571. The van der Waals surface area contributed by atoms with Crippen molar-refractivity contribution in [3.63, 3.8) is 0 Å². The van der Waals surface area contributed by atoms with Crippen molar-refractivity contribution in [1.82, 2.24) is 10.4 Å². The lowest BCUT2D eigenvalue weighted by molar-refractivity contribution is -0.159. The minimum atomic E-state index is -0.485. The number of hydrogen-bond donors (Lipinski definition) is 1. The number of nitrogens with zero attached hydrogens (tertiary/aromatic N) is 1. The van der Waals surface area contributed by atoms with Crippen molar-refractivity contribution in [2.24, 2.45) is 5.92 Å². The van der Waals surface area contributed by atoms with Gasteiger partial charge in [0.1, 0.15) is 5.60 Å². The molecule has 5 nitrogen and oxygen atoms in total. The van der Waals surface area contributed by atoms with Crippen LogP contribution >= 0.6 is 22.9 Å². The fourth-order valence-corrected chi connectivity index (χ4v) is 3.01. The van der Waals surface area contributed by atoms with Gasteiger partial charge in [0.15, 0.2) is 0 Å². The number of ether oxygens (including phenoxy) is 1. The van der Waals surface area contributed by atoms with Gasteiger partial charge in [0.05, 0.1) is 15.1 Å². The van der Waals surface area contributed by atoms with Gasteiger partial charge in [-0.05, 0) is 39.3 Å². The number of nitrogens with one attached hydrogen (secondary N) is 1. The van der Waals surface area contributed by atoms with E-state index < -0.39 is 5.60 Å². The first-order valence-electron chi connectivity index (χ1n) is 6.79. The molecule has 1 amide bonds. The van der Waals surface area contributed by atoms with E-state index in [2.05, 4.69) is 5.43 Å². The lowest BCUT2D eigenvalue weighted by Gasteiger charge is -2.22. The molecule has 1 unspecified atom stereocenters. The van der Waals surface area contributed by atoms with Crippen LogP contribution in [0.4, 0.5) is 0 Å². The van der Waals surface area contributed by atoms with Crippen molar-refractivity contribution in [2.75, 3.05) is 13.1 Å². The van der Waals surface area contributed by atoms with Gasteiger partial charge in [0, 0.05) is 13.1 Å². The third kappa shape index (κ3) is 4.69. The van der Waals surface area contributed by atoms with Crippen molar-refractivity contribution in [3.05, 3.63) is 21.3 Å². The summed E-state index contributed by atoms with van der Waals surface area (Å²) in [6, 6.07) is 3.37. The van der Waals surface area contributed by atoms with Gasteiger partial charge >= 0.3 is 5.97 Å². The summed E-state index contributed by atoms with van der Waals surface area (Å²) in [4.78, 5) is 24.5. The quantitative estimate of drug-likeness (QED) is 0.866. The highest BCUT2D eigenvalue weighted by atomic mass is 35.5. The average molecular weight is 331 g/mol. The Labute approximate surface area is 133 Å². The van der Waals surface area contributed by atoms with E-state index in [9.17, 15) is 9.59 Å². The maximum Gasteiger partial charge on any atom is 0.310 e. The molecule has 116 valence electrons. The first-order chi connectivity index (χ1) is 9.74. The number of esters is 1. The number of carbonyl (C=O) groups is 2. The first kappa shape index (κ1) is 16.3. The zero-order chi connectivity index (χ0) is 15.6. The Bertz CT molecular complexity index is 539. The zero-order valence-electron chi connectivity index (χ0n) is 12.3. The largest absolute Gasteiger partial charge is 0.460 e. The van der Waals surface area contributed by atoms with E-state index in [1.54, 1.807) is 17.1 Å². The molecule has 2 rings (SSSR count). The lowest BCUT2D eigenvalue weighted by atomic mass is 10.1. The van der Waals surface area contributed by atoms with Crippen LogP contribution in [0.2, 0.25) is 4.34 Å². The minimum Gasteiger partial charge on any atom is -0.460 e. The van der Waals surface area contributed by atoms with Gasteiger partial charge < -0.3 is 4.74 Å². The van der Waals surface area contributed by atoms with Crippen molar-refractivity contribution < 1.29 is 14.3 Å². The van der Waals surface area contributed by atoms with Gasteiger partial charge in [-0.3, -0.25) is 15.0 Å². The molecule has 1 aliphatic heterocycles. The second kappa shape index (κ2) is 6.34. The summed E-state index contributed by atoms with van der Waals surface area (Å²) < 4.78 is 5.95. The van der Waals surface area contributed by atoms with E-state index in [1.165, 1.54) is 11.3 Å². The summed E-state index contributed by atoms with van der Waals surface area (Å²) in [7, 11) is 0. The summed E-state index contributed by atoms with van der Waals surface area (Å²) in [5.74, 6) is -0.605. The van der Waals surface area contributed by atoms with Crippen molar-refractivity contribution in [3.8, 4) is 0 Å². The topological polar surface area (TPSA) is 58.6 Å². The van der Waals surface area contributed by atoms with E-state index >= 15 is 0 Å². The monoisotopic (exact) mass is 330 g/mol. The van der Waals surface area contributed by atoms with Gasteiger partial charge in [0.2, 0.25) is 0 Å². The van der Waals surface area contributed by atoms with E-state index in [0.29, 0.717) is 28.7 Å². The molecule has 1 aromatic heterocycles. The molecule has 1 saturated heterocycles. The average Bonchev–Trinajstić information content (AvgIpc) is 2.96. The Morgan fingerprint density at radius 2 is 2.14 bits per heavy atom. The van der Waals surface area contributed by atoms with E-state index in [-0.39, 0.29) is 17.8 Å². The molecule has 7 heteroatoms. The molecule has 1 aliphatic rings. The van der Waals surface area contributed by atoms with Crippen LogP contribution in [0.1, 0.15) is 36.9 Å². The SMILES string of the molecule is CC(C)(C)OC(=O)C1CCN(NC(=O)c2ccc(Cl)s2)C1. The van der Waals surface area contributed by atoms with Crippen LogP contribution in [-0.2, 0) is 9.53 Å². The minimum absolute atomic E-state index is 0.197. The van der Waals surface area contributed by atoms with Gasteiger partial charge in [-0.1, -0.05) is 11.6 Å². The summed E-state index contributed by atoms with van der Waals surface area (Å²) in [6.45, 7) is 6.65. The van der Waals surface area contributed by atoms with Crippen LogP contribution in [0.25, 0.3) is 0 Å². The summed E-state index contributed by atoms with van der Waals surface area (Å²) in [6.07, 6.45) is 0.681. The molecular weight excluding hydrogens is 312 g/mol. The number of carbonyl (C=O) groups excluding carboxylic acids is 2. The number of rotatable bonds is 3. The summed E-state index contributed by atoms with van der Waals surface area (Å²) in [5.41, 5.74) is 2.31. The Hall–Kier alpha value is -1.11. The van der Waals surface area contributed by atoms with Crippen LogP contribution < -0.4 is 5.43 Å². The van der Waals surface area contributed by atoms with Crippen LogP contribution in [0.15, 0.2) is 12.1 Å². The predicted molar refractivity (Wildman–Crippen MR) is 82.3 cm³/mol. The third-order valence-corrected chi connectivity index (χ3v) is 4.21. The highest BCUT2D eigenvalue weighted by Crippen LogP contribution is 2.23. The van der Waals surface area contributed by atoms with Crippen LogP contribution in [0.3, 0.4) is 0 Å². The molecule has 0 saturated carbocycles. The normalized spacial score (nSPS) is 19.5. The zero-order valence-corrected chi connectivity index (χ0v) is 13.9. The summed E-state index contributed by atoms with van der Waals surface area (Å²) >= 11 is 7.04. The standard InChI is InChI=1S/C14H19ClN2O3S/c1-14(2,3)20-13(19)9-6-7-17(8-9)16-12(18)10-4-5-11(15)21-10/h4-5,9H,6-8H2,1-3H3,(H,16,18). The van der Waals surface area contributed by atoms with Crippen LogP contribution in [-0.4, -0.2) is 35.6 Å².